The number of hydrogen-bond acceptors (Lipinski definition) is 3. The molecule has 0 unspecified atom stereocenters. The van der Waals surface area contributed by atoms with Crippen LogP contribution in [0.5, 0.6) is 11.5 Å². The lowest BCUT2D eigenvalue weighted by Gasteiger charge is -2.27. The van der Waals surface area contributed by atoms with E-state index in [0.717, 1.165) is 41.2 Å². The van der Waals surface area contributed by atoms with Gasteiger partial charge in [0.25, 0.3) is 18.1 Å². The molecule has 2 aromatic rings. The van der Waals surface area contributed by atoms with Crippen LogP contribution in [0.3, 0.4) is 0 Å². The molecule has 35 heavy (non-hydrogen) atoms. The minimum atomic E-state index is -0.998. The second kappa shape index (κ2) is 11.4. The van der Waals surface area contributed by atoms with E-state index in [4.69, 9.17) is 14.6 Å². The van der Waals surface area contributed by atoms with E-state index in [2.05, 4.69) is 112 Å². The molecule has 0 aromatic heterocycles. The van der Waals surface area contributed by atoms with Gasteiger partial charge in [-0.25, -0.2) is 0 Å². The third kappa shape index (κ3) is 7.04. The summed E-state index contributed by atoms with van der Waals surface area (Å²) in [5.41, 5.74) is 14.9. The van der Waals surface area contributed by atoms with E-state index < -0.39 is 18.1 Å². The van der Waals surface area contributed by atoms with E-state index in [9.17, 15) is 0 Å². The van der Waals surface area contributed by atoms with Crippen LogP contribution in [0, 0.1) is 0 Å². The first-order chi connectivity index (χ1) is 16.1. The molecule has 0 fully saturated rings. The Labute approximate surface area is 218 Å². The molecule has 0 aliphatic rings. The summed E-state index contributed by atoms with van der Waals surface area (Å²) in [6.45, 7) is 26.5. The Balaban J connectivity index is 2.89. The maximum atomic E-state index is 6.80. The number of hydrogen-bond donors (Lipinski definition) is 1. The molecule has 2 N–H and O–H groups in total. The summed E-state index contributed by atoms with van der Waals surface area (Å²) in [6, 6.07) is 11.2. The lowest BCUT2D eigenvalue weighted by molar-refractivity contribution is 0.558. The third-order valence-electron chi connectivity index (χ3n) is 6.19. The van der Waals surface area contributed by atoms with Gasteiger partial charge >= 0.3 is 0 Å². The molecule has 0 aliphatic heterocycles. The van der Waals surface area contributed by atoms with E-state index in [-0.39, 0.29) is 10.8 Å². The van der Waals surface area contributed by atoms with E-state index >= 15 is 0 Å². The molecule has 0 amide bonds. The topological polar surface area (TPSA) is 44.5 Å². The van der Waals surface area contributed by atoms with Crippen molar-refractivity contribution in [3.63, 3.8) is 0 Å². The molecule has 0 heterocycles. The van der Waals surface area contributed by atoms with Gasteiger partial charge in [-0.05, 0) is 78.2 Å². The minimum Gasteiger partial charge on any atom is -0.542 e. The fraction of sp³-hybridized carbons (Fsp3) is 0.533. The maximum Gasteiger partial charge on any atom is 0.274 e. The van der Waals surface area contributed by atoms with Crippen molar-refractivity contribution in [3.8, 4) is 11.5 Å². The highest BCUT2D eigenvalue weighted by atomic mass is 28.3. The Hall–Kier alpha value is -1.99. The normalized spacial score (nSPS) is 13.3. The van der Waals surface area contributed by atoms with Crippen LogP contribution < -0.4 is 14.6 Å². The summed E-state index contributed by atoms with van der Waals surface area (Å²) in [5, 5.41) is 0. The summed E-state index contributed by atoms with van der Waals surface area (Å²) in [6.07, 6.45) is 1.79. The highest BCUT2D eigenvalue weighted by Gasteiger charge is 2.25. The van der Waals surface area contributed by atoms with Crippen molar-refractivity contribution < 1.29 is 8.85 Å². The lowest BCUT2D eigenvalue weighted by Crippen LogP contribution is -2.19. The molecular weight excluding hydrogens is 463 g/mol. The van der Waals surface area contributed by atoms with Gasteiger partial charge in [0.2, 0.25) is 0 Å². The number of allylic oxidation sites excluding steroid dienone is 2. The van der Waals surface area contributed by atoms with E-state index in [1.807, 2.05) is 0 Å². The van der Waals surface area contributed by atoms with Crippen molar-refractivity contribution in [1.29, 1.82) is 0 Å². The third-order valence-corrected chi connectivity index (χ3v) is 7.43. The molecule has 2 rings (SSSR count). The monoisotopic (exact) mass is 509 g/mol. The number of nitrogen functional groups attached to an aromatic ring is 1. The van der Waals surface area contributed by atoms with Crippen LogP contribution in [0.2, 0.25) is 26.2 Å². The largest absolute Gasteiger partial charge is 0.542 e. The Kier molecular flexibility index (Phi) is 9.51. The van der Waals surface area contributed by atoms with Crippen molar-refractivity contribution in [3.05, 3.63) is 52.6 Å². The second-order valence-corrected chi connectivity index (χ2v) is 15.8. The summed E-state index contributed by atoms with van der Waals surface area (Å²) >= 11 is 0. The van der Waals surface area contributed by atoms with Crippen LogP contribution in [0.25, 0.3) is 11.1 Å². The van der Waals surface area contributed by atoms with Gasteiger partial charge in [-0.3, -0.25) is 0 Å². The fourth-order valence-corrected chi connectivity index (χ4v) is 5.72. The van der Waals surface area contributed by atoms with Crippen molar-refractivity contribution in [2.75, 3.05) is 5.73 Å². The summed E-state index contributed by atoms with van der Waals surface area (Å²) in [4.78, 5) is 0. The molecule has 0 bridgehead atoms. The first kappa shape index (κ1) is 29.2. The molecular formula is C30H47NO2Si2. The Morgan fingerprint density at radius 2 is 1.26 bits per heavy atom. The average Bonchev–Trinajstić information content (AvgIpc) is 2.71. The van der Waals surface area contributed by atoms with E-state index in [1.165, 1.54) is 22.3 Å². The standard InChI is InChI=1S/C30H47NO2Si2/c1-13-21(23-16-15-20(29(3,4)5)19-26(23)32-34(9)10)22(14-2)24-17-18-25(30(6,7)8)27(31)28(24)33-35(11)12/h15-19H,13-14,31H2,1-12H3/b22-21+. The van der Waals surface area contributed by atoms with Gasteiger partial charge in [0.05, 0.1) is 5.69 Å². The van der Waals surface area contributed by atoms with Crippen LogP contribution >= 0.6 is 0 Å². The zero-order valence-corrected chi connectivity index (χ0v) is 26.2. The van der Waals surface area contributed by atoms with E-state index in [0.29, 0.717) is 0 Å². The molecule has 0 atom stereocenters. The average molecular weight is 510 g/mol. The zero-order valence-electron chi connectivity index (χ0n) is 24.2. The summed E-state index contributed by atoms with van der Waals surface area (Å²) < 4.78 is 13.0. The molecule has 0 spiro atoms. The Morgan fingerprint density at radius 1 is 0.743 bits per heavy atom. The molecule has 0 saturated heterocycles. The first-order valence-corrected chi connectivity index (χ1v) is 17.7. The van der Waals surface area contributed by atoms with Crippen molar-refractivity contribution in [1.82, 2.24) is 0 Å². The van der Waals surface area contributed by atoms with Crippen LogP contribution in [0.4, 0.5) is 5.69 Å². The number of benzene rings is 2. The molecule has 0 saturated carbocycles. The van der Waals surface area contributed by atoms with Crippen LogP contribution in [0.1, 0.15) is 90.5 Å². The zero-order chi connectivity index (χ0) is 26.7. The Bertz CT molecular complexity index is 1060. The molecule has 192 valence electrons. The Morgan fingerprint density at radius 3 is 1.71 bits per heavy atom. The number of anilines is 1. The van der Waals surface area contributed by atoms with Gasteiger partial charge in [-0.1, -0.05) is 79.7 Å². The van der Waals surface area contributed by atoms with Gasteiger partial charge < -0.3 is 14.6 Å². The molecule has 5 heteroatoms. The molecule has 2 aromatic carbocycles. The highest BCUT2D eigenvalue weighted by molar-refractivity contribution is 6.49. The van der Waals surface area contributed by atoms with Gasteiger partial charge in [0, 0.05) is 11.1 Å². The van der Waals surface area contributed by atoms with Gasteiger partial charge in [0.1, 0.15) is 11.5 Å². The predicted molar refractivity (Wildman–Crippen MR) is 158 cm³/mol. The smallest absolute Gasteiger partial charge is 0.274 e. The highest BCUT2D eigenvalue weighted by Crippen LogP contribution is 2.45. The molecule has 2 radical (unpaired) electrons. The van der Waals surface area contributed by atoms with Gasteiger partial charge in [0.15, 0.2) is 0 Å². The molecule has 0 aliphatic carbocycles. The van der Waals surface area contributed by atoms with Crippen LogP contribution in [-0.4, -0.2) is 18.1 Å². The number of nitrogens with two attached hydrogens (primary N) is 1. The van der Waals surface area contributed by atoms with Gasteiger partial charge in [-0.15, -0.1) is 0 Å². The second-order valence-electron chi connectivity index (χ2n) is 11.8. The predicted octanol–water partition coefficient (Wildman–Crippen LogP) is 8.85. The van der Waals surface area contributed by atoms with Crippen molar-refractivity contribution in [2.24, 2.45) is 0 Å². The first-order valence-electron chi connectivity index (χ1n) is 12.9. The molecule has 3 nitrogen and oxygen atoms in total. The minimum absolute atomic E-state index is 0.0523. The van der Waals surface area contributed by atoms with Crippen LogP contribution in [-0.2, 0) is 10.8 Å². The van der Waals surface area contributed by atoms with Crippen molar-refractivity contribution >= 4 is 34.9 Å². The van der Waals surface area contributed by atoms with E-state index in [1.54, 1.807) is 0 Å². The number of rotatable bonds is 8. The SMILES string of the molecule is CC/C(=C(/CC)c1ccc(C(C)(C)C)c(N)c1O[Si](C)C)c1ccc(C(C)(C)C)cc1O[Si](C)C. The van der Waals surface area contributed by atoms with Crippen molar-refractivity contribution in [2.45, 2.75) is 105 Å². The fourth-order valence-electron chi connectivity index (χ4n) is 4.48. The van der Waals surface area contributed by atoms with Crippen LogP contribution in [0.15, 0.2) is 30.3 Å². The van der Waals surface area contributed by atoms with Gasteiger partial charge in [-0.2, -0.15) is 0 Å². The quantitative estimate of drug-likeness (QED) is 0.219. The lowest BCUT2D eigenvalue weighted by atomic mass is 9.82. The maximum absolute atomic E-state index is 6.80. The summed E-state index contributed by atoms with van der Waals surface area (Å²) in [7, 11) is -1.92. The summed E-state index contributed by atoms with van der Waals surface area (Å²) in [5.74, 6) is 1.85.